The second-order valence-corrected chi connectivity index (χ2v) is 8.79. The molecule has 35 heavy (non-hydrogen) atoms. The quantitative estimate of drug-likeness (QED) is 0.451. The minimum Gasteiger partial charge on any atom is -0.481 e. The third-order valence-electron chi connectivity index (χ3n) is 6.43. The number of carbonyl (C=O) groups is 2. The molecule has 6 nitrogen and oxygen atoms in total. The Morgan fingerprint density at radius 2 is 1.94 bits per heavy atom. The number of hydrogen-bond donors (Lipinski definition) is 0. The zero-order valence-corrected chi connectivity index (χ0v) is 20.4. The summed E-state index contributed by atoms with van der Waals surface area (Å²) in [4.78, 5) is 29.3. The van der Waals surface area contributed by atoms with Gasteiger partial charge in [0.15, 0.2) is 6.10 Å². The molecule has 1 aromatic heterocycles. The number of amides is 2. The first-order chi connectivity index (χ1) is 16.9. The second kappa shape index (κ2) is 10.8. The van der Waals surface area contributed by atoms with E-state index in [2.05, 4.69) is 0 Å². The summed E-state index contributed by atoms with van der Waals surface area (Å²) in [6.07, 6.45) is 2.53. The highest BCUT2D eigenvalue weighted by Crippen LogP contribution is 2.38. The lowest BCUT2D eigenvalue weighted by Gasteiger charge is -2.38. The Labute approximate surface area is 205 Å². The van der Waals surface area contributed by atoms with Gasteiger partial charge in [-0.3, -0.25) is 9.59 Å². The summed E-state index contributed by atoms with van der Waals surface area (Å²) in [5.74, 6) is 0.843. The topological polar surface area (TPSA) is 63.0 Å². The van der Waals surface area contributed by atoms with Crippen molar-refractivity contribution in [1.82, 2.24) is 9.80 Å². The molecule has 184 valence electrons. The lowest BCUT2D eigenvalue weighted by molar-refractivity contribution is -0.138. The minimum atomic E-state index is -0.658. The van der Waals surface area contributed by atoms with Crippen LogP contribution in [0.25, 0.3) is 0 Å². The predicted octanol–water partition coefficient (Wildman–Crippen LogP) is 5.12. The van der Waals surface area contributed by atoms with E-state index >= 15 is 0 Å². The summed E-state index contributed by atoms with van der Waals surface area (Å²) in [5, 5.41) is 0. The maximum atomic E-state index is 13.6. The van der Waals surface area contributed by atoms with Crippen molar-refractivity contribution in [3.63, 3.8) is 0 Å². The van der Waals surface area contributed by atoms with Gasteiger partial charge in [-0.25, -0.2) is 4.39 Å². The third-order valence-corrected chi connectivity index (χ3v) is 6.43. The van der Waals surface area contributed by atoms with Gasteiger partial charge in [0.05, 0.1) is 18.8 Å². The Kier molecular flexibility index (Phi) is 7.54. The normalized spacial score (nSPS) is 15.9. The number of benzene rings is 2. The molecule has 0 saturated heterocycles. The number of likely N-dealkylation sites (N-methyl/N-ethyl adjacent to an activating group) is 1. The van der Waals surface area contributed by atoms with Crippen LogP contribution in [0.15, 0.2) is 65.3 Å². The first-order valence-corrected chi connectivity index (χ1v) is 12.0. The van der Waals surface area contributed by atoms with Crippen molar-refractivity contribution in [2.45, 2.75) is 51.8 Å². The first-order valence-electron chi connectivity index (χ1n) is 12.0. The number of fused-ring (bicyclic) bond motifs is 1. The van der Waals surface area contributed by atoms with Crippen LogP contribution in [0.4, 0.5) is 4.39 Å². The average molecular weight is 479 g/mol. The molecule has 0 N–H and O–H groups in total. The van der Waals surface area contributed by atoms with Gasteiger partial charge in [-0.15, -0.1) is 0 Å². The summed E-state index contributed by atoms with van der Waals surface area (Å²) in [6.45, 7) is 4.70. The summed E-state index contributed by atoms with van der Waals surface area (Å²) in [5.41, 5.74) is 2.89. The molecule has 3 aromatic rings. The van der Waals surface area contributed by atoms with Crippen LogP contribution in [0.2, 0.25) is 0 Å². The lowest BCUT2D eigenvalue weighted by atomic mass is 9.87. The fourth-order valence-corrected chi connectivity index (χ4v) is 4.58. The highest BCUT2D eigenvalue weighted by molar-refractivity contribution is 5.81. The number of ether oxygens (including phenoxy) is 1. The van der Waals surface area contributed by atoms with E-state index in [1.807, 2.05) is 43.0 Å². The zero-order chi connectivity index (χ0) is 24.9. The van der Waals surface area contributed by atoms with E-state index in [0.717, 1.165) is 23.1 Å². The Morgan fingerprint density at radius 1 is 1.17 bits per heavy atom. The molecule has 0 saturated carbocycles. The summed E-state index contributed by atoms with van der Waals surface area (Å²) in [6, 6.07) is 15.3. The second-order valence-electron chi connectivity index (χ2n) is 8.79. The molecule has 4 rings (SSSR count). The van der Waals surface area contributed by atoms with Gasteiger partial charge >= 0.3 is 0 Å². The predicted molar refractivity (Wildman–Crippen MR) is 130 cm³/mol. The van der Waals surface area contributed by atoms with Gasteiger partial charge < -0.3 is 19.0 Å². The Bertz CT molecular complexity index is 1160. The van der Waals surface area contributed by atoms with Gasteiger partial charge in [-0.1, -0.05) is 32.0 Å². The highest BCUT2D eigenvalue weighted by Gasteiger charge is 2.32. The maximum absolute atomic E-state index is 13.6. The van der Waals surface area contributed by atoms with Gasteiger partial charge in [0.2, 0.25) is 5.91 Å². The maximum Gasteiger partial charge on any atom is 0.263 e. The van der Waals surface area contributed by atoms with Crippen molar-refractivity contribution < 1.29 is 23.1 Å². The molecule has 0 spiro atoms. The molecule has 2 aromatic carbocycles. The third kappa shape index (κ3) is 5.39. The van der Waals surface area contributed by atoms with E-state index in [4.69, 9.17) is 9.15 Å². The van der Waals surface area contributed by atoms with Crippen molar-refractivity contribution >= 4 is 11.8 Å². The van der Waals surface area contributed by atoms with Crippen LogP contribution in [-0.2, 0) is 22.6 Å². The van der Waals surface area contributed by atoms with Gasteiger partial charge in [0.25, 0.3) is 5.91 Å². The van der Waals surface area contributed by atoms with Crippen LogP contribution in [-0.4, -0.2) is 41.3 Å². The number of furan rings is 1. The molecule has 0 fully saturated rings. The van der Waals surface area contributed by atoms with Gasteiger partial charge in [-0.05, 0) is 65.9 Å². The average Bonchev–Trinajstić information content (AvgIpc) is 3.39. The van der Waals surface area contributed by atoms with Crippen LogP contribution in [0, 0.1) is 5.82 Å². The number of carbonyl (C=O) groups excluding carboxylic acids is 2. The van der Waals surface area contributed by atoms with E-state index in [-0.39, 0.29) is 23.7 Å². The fourth-order valence-electron chi connectivity index (χ4n) is 4.58. The van der Waals surface area contributed by atoms with Crippen LogP contribution in [0.5, 0.6) is 5.75 Å². The molecule has 2 amide bonds. The van der Waals surface area contributed by atoms with Crippen molar-refractivity contribution in [2.75, 3.05) is 13.6 Å². The minimum absolute atomic E-state index is 0.0393. The molecule has 1 aliphatic heterocycles. The number of nitrogens with zero attached hydrogens (tertiary/aromatic N) is 2. The highest BCUT2D eigenvalue weighted by atomic mass is 19.1. The molecule has 0 aliphatic carbocycles. The number of hydrogen-bond acceptors (Lipinski definition) is 4. The van der Waals surface area contributed by atoms with Gasteiger partial charge in [-0.2, -0.15) is 0 Å². The fraction of sp³-hybridized carbons (Fsp3) is 0.357. The standard InChI is InChI=1S/C28H31FN2O4/c1-4-25(28(33)30(3)18-23-7-6-16-34-23)35-22-13-10-19-14-15-31(26(32)5-2)27(24(19)17-22)20-8-11-21(29)12-9-20/h6-13,16-17,25,27H,4-5,14-15,18H2,1-3H3. The molecule has 1 aliphatic rings. The molecule has 2 atom stereocenters. The molecular formula is C28H31FN2O4. The first kappa shape index (κ1) is 24.5. The summed E-state index contributed by atoms with van der Waals surface area (Å²) < 4.78 is 25.2. The van der Waals surface area contributed by atoms with E-state index < -0.39 is 6.10 Å². The SMILES string of the molecule is CCC(=O)N1CCc2ccc(OC(CC)C(=O)N(C)Cc3ccco3)cc2C1c1ccc(F)cc1. The molecule has 7 heteroatoms. The van der Waals surface area contributed by atoms with E-state index in [0.29, 0.717) is 37.4 Å². The van der Waals surface area contributed by atoms with Crippen molar-refractivity contribution in [2.24, 2.45) is 0 Å². The Balaban J connectivity index is 1.61. The summed E-state index contributed by atoms with van der Waals surface area (Å²) in [7, 11) is 1.72. The van der Waals surface area contributed by atoms with Crippen LogP contribution < -0.4 is 4.74 Å². The van der Waals surface area contributed by atoms with Gasteiger partial charge in [0, 0.05) is 20.0 Å². The van der Waals surface area contributed by atoms with Gasteiger partial charge in [0.1, 0.15) is 17.3 Å². The smallest absolute Gasteiger partial charge is 0.263 e. The Morgan fingerprint density at radius 3 is 2.60 bits per heavy atom. The largest absolute Gasteiger partial charge is 0.481 e. The van der Waals surface area contributed by atoms with Crippen molar-refractivity contribution in [1.29, 1.82) is 0 Å². The molecule has 0 radical (unpaired) electrons. The van der Waals surface area contributed by atoms with Crippen molar-refractivity contribution in [3.8, 4) is 5.75 Å². The number of halogens is 1. The molecule has 2 heterocycles. The van der Waals surface area contributed by atoms with E-state index in [1.165, 1.54) is 12.1 Å². The molecular weight excluding hydrogens is 447 g/mol. The zero-order valence-electron chi connectivity index (χ0n) is 20.4. The Hall–Kier alpha value is -3.61. The van der Waals surface area contributed by atoms with Crippen LogP contribution in [0.3, 0.4) is 0 Å². The van der Waals surface area contributed by atoms with Crippen LogP contribution >= 0.6 is 0 Å². The molecule has 0 bridgehead atoms. The lowest BCUT2D eigenvalue weighted by Crippen LogP contribution is -2.40. The van der Waals surface area contributed by atoms with E-state index in [1.54, 1.807) is 36.4 Å². The number of rotatable bonds is 8. The van der Waals surface area contributed by atoms with Crippen molar-refractivity contribution in [3.05, 3.63) is 89.1 Å². The summed E-state index contributed by atoms with van der Waals surface area (Å²) >= 11 is 0. The van der Waals surface area contributed by atoms with E-state index in [9.17, 15) is 14.0 Å². The monoisotopic (exact) mass is 478 g/mol. The molecule has 2 unspecified atom stereocenters. The van der Waals surface area contributed by atoms with Crippen LogP contribution in [0.1, 0.15) is 55.2 Å².